The summed E-state index contributed by atoms with van der Waals surface area (Å²) in [6.45, 7) is 7.53. The Kier molecular flexibility index (Phi) is 8.53. The van der Waals surface area contributed by atoms with Gasteiger partial charge in [0.15, 0.2) is 11.6 Å². The molecule has 0 saturated heterocycles. The van der Waals surface area contributed by atoms with Gasteiger partial charge in [0.2, 0.25) is 0 Å². The van der Waals surface area contributed by atoms with Gasteiger partial charge in [-0.3, -0.25) is 19.2 Å². The molecule has 0 radical (unpaired) electrons. The highest BCUT2D eigenvalue weighted by molar-refractivity contribution is 6.12. The second-order valence-electron chi connectivity index (χ2n) is 9.80. The van der Waals surface area contributed by atoms with E-state index in [1.807, 2.05) is 38.2 Å². The van der Waals surface area contributed by atoms with E-state index < -0.39 is 17.0 Å². The first-order valence-electron chi connectivity index (χ1n) is 11.2. The molecular weight excluding hydrogens is 408 g/mol. The molecule has 0 aromatic heterocycles. The van der Waals surface area contributed by atoms with Crippen LogP contribution in [0.3, 0.4) is 0 Å². The lowest BCUT2D eigenvalue weighted by Gasteiger charge is -2.22. The molecule has 174 valence electrons. The van der Waals surface area contributed by atoms with Crippen molar-refractivity contribution in [2.75, 3.05) is 0 Å². The minimum Gasteiger partial charge on any atom is -0.481 e. The van der Waals surface area contributed by atoms with Gasteiger partial charge in [0.1, 0.15) is 5.60 Å². The molecule has 2 rings (SSSR count). The van der Waals surface area contributed by atoms with E-state index in [0.29, 0.717) is 68.1 Å². The quantitative estimate of drug-likeness (QED) is 0.379. The maximum atomic E-state index is 12.6. The van der Waals surface area contributed by atoms with Crippen molar-refractivity contribution in [2.45, 2.75) is 84.7 Å². The zero-order valence-corrected chi connectivity index (χ0v) is 19.5. The Morgan fingerprint density at radius 2 is 1.22 bits per heavy atom. The monoisotopic (exact) mass is 442 g/mol. The molecule has 0 saturated carbocycles. The third kappa shape index (κ3) is 6.87. The highest BCUT2D eigenvalue weighted by Crippen LogP contribution is 2.30. The zero-order chi connectivity index (χ0) is 23.9. The number of carboxylic acid groups (broad SMARTS) is 1. The topological polar surface area (TPSA) is 97.7 Å². The van der Waals surface area contributed by atoms with Gasteiger partial charge in [-0.15, -0.1) is 0 Å². The molecule has 0 atom stereocenters. The number of ketones is 2. The average molecular weight is 443 g/mol. The third-order valence-corrected chi connectivity index (χ3v) is 6.22. The second kappa shape index (κ2) is 10.7. The van der Waals surface area contributed by atoms with Crippen molar-refractivity contribution < 1.29 is 29.0 Å². The number of hydrogen-bond acceptors (Lipinski definition) is 5. The molecule has 0 aromatic carbocycles. The van der Waals surface area contributed by atoms with Crippen LogP contribution in [0.25, 0.3) is 0 Å². The van der Waals surface area contributed by atoms with Crippen LogP contribution in [0.5, 0.6) is 0 Å². The van der Waals surface area contributed by atoms with Crippen molar-refractivity contribution >= 4 is 24.0 Å². The summed E-state index contributed by atoms with van der Waals surface area (Å²) < 4.78 is 5.04. The Balaban J connectivity index is 1.73. The molecule has 0 aromatic rings. The van der Waals surface area contributed by atoms with E-state index in [4.69, 9.17) is 4.74 Å². The number of Topliss-reactive ketones (excluding diaryl/α,β-unsaturated/α-hetero) is 2. The molecule has 0 aliphatic heterocycles. The van der Waals surface area contributed by atoms with Crippen LogP contribution in [0.4, 0.5) is 0 Å². The number of ether oxygens (including phenoxy) is 1. The zero-order valence-electron chi connectivity index (χ0n) is 19.5. The van der Waals surface area contributed by atoms with Gasteiger partial charge in [0.05, 0.1) is 5.41 Å². The van der Waals surface area contributed by atoms with Crippen LogP contribution in [0.2, 0.25) is 0 Å². The van der Waals surface area contributed by atoms with Crippen molar-refractivity contribution in [2.24, 2.45) is 5.41 Å². The van der Waals surface area contributed by atoms with Crippen LogP contribution in [0.15, 0.2) is 46.6 Å². The predicted molar refractivity (Wildman–Crippen MR) is 122 cm³/mol. The van der Waals surface area contributed by atoms with Gasteiger partial charge < -0.3 is 9.84 Å². The minimum absolute atomic E-state index is 0.00905. The largest absolute Gasteiger partial charge is 0.481 e. The van der Waals surface area contributed by atoms with Gasteiger partial charge in [0, 0.05) is 11.1 Å². The Hall–Kier alpha value is -2.76. The van der Waals surface area contributed by atoms with Gasteiger partial charge in [0.25, 0.3) is 6.47 Å². The van der Waals surface area contributed by atoms with Crippen LogP contribution in [0.1, 0.15) is 79.1 Å². The fourth-order valence-electron chi connectivity index (χ4n) is 3.90. The van der Waals surface area contributed by atoms with Crippen LogP contribution >= 0.6 is 0 Å². The van der Waals surface area contributed by atoms with Crippen molar-refractivity contribution in [3.8, 4) is 0 Å². The molecule has 2 aliphatic carbocycles. The van der Waals surface area contributed by atoms with Crippen molar-refractivity contribution in [3.63, 3.8) is 0 Å². The normalized spacial score (nSPS) is 16.5. The number of carbonyl (C=O) groups is 4. The van der Waals surface area contributed by atoms with Crippen LogP contribution < -0.4 is 0 Å². The van der Waals surface area contributed by atoms with E-state index in [9.17, 15) is 24.3 Å². The highest BCUT2D eigenvalue weighted by Gasteiger charge is 2.28. The van der Waals surface area contributed by atoms with Gasteiger partial charge in [-0.25, -0.2) is 0 Å². The molecule has 32 heavy (non-hydrogen) atoms. The van der Waals surface area contributed by atoms with Crippen molar-refractivity contribution in [1.29, 1.82) is 0 Å². The summed E-state index contributed by atoms with van der Waals surface area (Å²) in [4.78, 5) is 47.0. The van der Waals surface area contributed by atoms with Crippen LogP contribution in [-0.4, -0.2) is 34.7 Å². The lowest BCUT2D eigenvalue weighted by molar-refractivity contribution is -0.147. The Labute approximate surface area is 190 Å². The summed E-state index contributed by atoms with van der Waals surface area (Å²) >= 11 is 0. The smallest absolute Gasteiger partial charge is 0.309 e. The predicted octanol–water partition coefficient (Wildman–Crippen LogP) is 5.04. The molecule has 1 N–H and O–H groups in total. The summed E-state index contributed by atoms with van der Waals surface area (Å²) in [5.74, 6) is -0.785. The standard InChI is InChI=1S/C26H34O6/c1-25(2,24(30)31)15-5-7-18-9-11-20(22(18)28)13-14-21-12-10-19(23(21)29)8-6-16-26(3,4)32-17-27/h9-12,17H,5-8,13-16H2,1-4H3,(H,30,31). The number of carbonyl (C=O) groups excluding carboxylic acids is 3. The van der Waals surface area contributed by atoms with Crippen molar-refractivity contribution in [1.82, 2.24) is 0 Å². The number of rotatable bonds is 14. The molecule has 6 nitrogen and oxygen atoms in total. The molecule has 0 bridgehead atoms. The Bertz CT molecular complexity index is 895. The summed E-state index contributed by atoms with van der Waals surface area (Å²) in [5, 5.41) is 9.20. The Morgan fingerprint density at radius 3 is 1.62 bits per heavy atom. The van der Waals surface area contributed by atoms with E-state index in [-0.39, 0.29) is 11.6 Å². The molecule has 0 amide bonds. The maximum absolute atomic E-state index is 12.6. The SMILES string of the molecule is CC(C)(CCCC1=CC=C(CCC2=CC=C(CCCC(C)(C)C(=O)O)C2=O)C1=O)OC=O. The fourth-order valence-corrected chi connectivity index (χ4v) is 3.90. The van der Waals surface area contributed by atoms with E-state index in [1.54, 1.807) is 13.8 Å². The highest BCUT2D eigenvalue weighted by atomic mass is 16.5. The summed E-state index contributed by atoms with van der Waals surface area (Å²) in [6.07, 6.45) is 12.1. The number of aliphatic carboxylic acids is 1. The first-order valence-corrected chi connectivity index (χ1v) is 11.2. The summed E-state index contributed by atoms with van der Waals surface area (Å²) in [5.41, 5.74) is 1.56. The molecule has 0 unspecified atom stereocenters. The maximum Gasteiger partial charge on any atom is 0.309 e. The van der Waals surface area contributed by atoms with E-state index in [2.05, 4.69) is 0 Å². The van der Waals surface area contributed by atoms with E-state index in [0.717, 1.165) is 12.0 Å². The number of hydrogen-bond donors (Lipinski definition) is 1. The lowest BCUT2D eigenvalue weighted by Crippen LogP contribution is -2.23. The summed E-state index contributed by atoms with van der Waals surface area (Å²) in [6, 6.07) is 0. The molecule has 6 heteroatoms. The molecule has 0 heterocycles. The second-order valence-corrected chi connectivity index (χ2v) is 9.80. The number of carboxylic acids is 1. The summed E-state index contributed by atoms with van der Waals surface area (Å²) in [7, 11) is 0. The first-order chi connectivity index (χ1) is 15.0. The van der Waals surface area contributed by atoms with E-state index in [1.165, 1.54) is 0 Å². The first kappa shape index (κ1) is 25.5. The lowest BCUT2D eigenvalue weighted by atomic mass is 9.86. The van der Waals surface area contributed by atoms with Gasteiger partial charge >= 0.3 is 5.97 Å². The van der Waals surface area contributed by atoms with Crippen LogP contribution in [-0.2, 0) is 23.9 Å². The van der Waals surface area contributed by atoms with Gasteiger partial charge in [-0.1, -0.05) is 24.3 Å². The minimum atomic E-state index is -0.830. The Morgan fingerprint density at radius 1 is 0.812 bits per heavy atom. The van der Waals surface area contributed by atoms with Crippen LogP contribution in [0, 0.1) is 5.41 Å². The van der Waals surface area contributed by atoms with Gasteiger partial charge in [-0.05, 0) is 90.2 Å². The molecule has 0 spiro atoms. The van der Waals surface area contributed by atoms with Gasteiger partial charge in [-0.2, -0.15) is 0 Å². The molecule has 0 fully saturated rings. The fraction of sp³-hybridized carbons (Fsp3) is 0.538. The third-order valence-electron chi connectivity index (χ3n) is 6.22. The van der Waals surface area contributed by atoms with E-state index >= 15 is 0 Å². The van der Waals surface area contributed by atoms with Crippen molar-refractivity contribution in [3.05, 3.63) is 46.6 Å². The number of allylic oxidation sites excluding steroid dienone is 8. The molecule has 2 aliphatic rings. The average Bonchev–Trinajstić information content (AvgIpc) is 3.22. The molecular formula is C26H34O6.